The van der Waals surface area contributed by atoms with Crippen LogP contribution in [-0.2, 0) is 4.79 Å². The first-order valence-corrected chi connectivity index (χ1v) is 8.59. The maximum atomic E-state index is 13.6. The third-order valence-corrected chi connectivity index (χ3v) is 4.79. The quantitative estimate of drug-likeness (QED) is 0.685. The molecule has 0 aliphatic rings. The van der Waals surface area contributed by atoms with E-state index >= 15 is 0 Å². The van der Waals surface area contributed by atoms with Crippen LogP contribution in [0.5, 0.6) is 0 Å². The van der Waals surface area contributed by atoms with Gasteiger partial charge in [-0.1, -0.05) is 23.9 Å². The zero-order valence-electron chi connectivity index (χ0n) is 12.3. The fraction of sp³-hybridized carbons (Fsp3) is 0.133. The number of amides is 1. The minimum Gasteiger partial charge on any atom is -0.410 e. The van der Waals surface area contributed by atoms with Crippen molar-refractivity contribution in [1.82, 2.24) is 10.2 Å². The van der Waals surface area contributed by atoms with Gasteiger partial charge in [0, 0.05) is 0 Å². The molecule has 3 rings (SSSR count). The number of nitrogens with zero attached hydrogens (tertiary/aromatic N) is 2. The molecule has 0 unspecified atom stereocenters. The van der Waals surface area contributed by atoms with Crippen LogP contribution in [0.25, 0.3) is 10.8 Å². The minimum atomic E-state index is -0.835. The molecule has 1 amide bonds. The second-order valence-corrected chi connectivity index (χ2v) is 6.94. The van der Waals surface area contributed by atoms with E-state index in [0.29, 0.717) is 5.89 Å². The summed E-state index contributed by atoms with van der Waals surface area (Å²) in [6, 6.07) is 7.06. The van der Waals surface area contributed by atoms with E-state index in [-0.39, 0.29) is 5.22 Å². The van der Waals surface area contributed by atoms with Crippen molar-refractivity contribution in [2.45, 2.75) is 17.4 Å². The molecule has 124 valence electrons. The van der Waals surface area contributed by atoms with Gasteiger partial charge in [-0.3, -0.25) is 4.79 Å². The third kappa shape index (κ3) is 3.62. The van der Waals surface area contributed by atoms with E-state index in [1.54, 1.807) is 6.92 Å². The van der Waals surface area contributed by atoms with Crippen LogP contribution >= 0.6 is 23.1 Å². The van der Waals surface area contributed by atoms with Crippen LogP contribution in [0, 0.1) is 11.6 Å². The number of nitrogens with one attached hydrogen (secondary N) is 1. The van der Waals surface area contributed by atoms with Gasteiger partial charge in [-0.2, -0.15) is 0 Å². The van der Waals surface area contributed by atoms with E-state index in [9.17, 15) is 13.6 Å². The lowest BCUT2D eigenvalue weighted by Crippen LogP contribution is -2.23. The molecule has 0 bridgehead atoms. The van der Waals surface area contributed by atoms with Crippen LogP contribution in [0.4, 0.5) is 14.5 Å². The molecule has 0 saturated heterocycles. The average molecular weight is 367 g/mol. The highest BCUT2D eigenvalue weighted by atomic mass is 32.2. The van der Waals surface area contributed by atoms with E-state index in [1.807, 2.05) is 17.5 Å². The Bertz CT molecular complexity index is 832. The van der Waals surface area contributed by atoms with Crippen LogP contribution in [0.2, 0.25) is 0 Å². The summed E-state index contributed by atoms with van der Waals surface area (Å²) in [5.41, 5.74) is -0.472. The number of hydrogen-bond acceptors (Lipinski definition) is 6. The lowest BCUT2D eigenvalue weighted by molar-refractivity contribution is -0.115. The molecule has 0 fully saturated rings. The van der Waals surface area contributed by atoms with E-state index in [0.717, 1.165) is 28.8 Å². The van der Waals surface area contributed by atoms with Gasteiger partial charge >= 0.3 is 0 Å². The molecule has 0 saturated carbocycles. The van der Waals surface area contributed by atoms with E-state index in [1.165, 1.54) is 17.4 Å². The maximum Gasteiger partial charge on any atom is 0.277 e. The standard InChI is InChI=1S/C15H11F2N3O2S2/c1-8(13(21)18-12-9(16)4-2-5-10(12)17)24-15-20-19-14(22-15)11-6-3-7-23-11/h2-8H,1H3,(H,18,21)/t8-/m1/s1. The number of para-hydroxylation sites is 1. The molecule has 1 N–H and O–H groups in total. The van der Waals surface area contributed by atoms with Gasteiger partial charge in [0.25, 0.3) is 11.1 Å². The molecule has 0 spiro atoms. The monoisotopic (exact) mass is 367 g/mol. The first kappa shape index (κ1) is 16.6. The van der Waals surface area contributed by atoms with Crippen LogP contribution in [0.15, 0.2) is 45.4 Å². The van der Waals surface area contributed by atoms with E-state index < -0.39 is 28.5 Å². The molecule has 5 nitrogen and oxygen atoms in total. The summed E-state index contributed by atoms with van der Waals surface area (Å²) in [6.45, 7) is 1.58. The number of carbonyl (C=O) groups excluding carboxylic acids is 1. The maximum absolute atomic E-state index is 13.6. The molecular weight excluding hydrogens is 356 g/mol. The molecule has 0 aliphatic carbocycles. The Morgan fingerprint density at radius 1 is 1.25 bits per heavy atom. The van der Waals surface area contributed by atoms with Gasteiger partial charge in [0.15, 0.2) is 0 Å². The fourth-order valence-electron chi connectivity index (χ4n) is 1.80. The lowest BCUT2D eigenvalue weighted by atomic mass is 10.3. The number of hydrogen-bond donors (Lipinski definition) is 1. The number of halogens is 2. The van der Waals surface area contributed by atoms with Crippen molar-refractivity contribution in [2.24, 2.45) is 0 Å². The summed E-state index contributed by atoms with van der Waals surface area (Å²) >= 11 is 2.46. The molecule has 1 atom stereocenters. The van der Waals surface area contributed by atoms with E-state index in [4.69, 9.17) is 4.42 Å². The highest BCUT2D eigenvalue weighted by molar-refractivity contribution is 8.00. The van der Waals surface area contributed by atoms with E-state index in [2.05, 4.69) is 15.5 Å². The number of anilines is 1. The Morgan fingerprint density at radius 3 is 2.67 bits per heavy atom. The van der Waals surface area contributed by atoms with Gasteiger partial charge in [0.05, 0.1) is 10.1 Å². The lowest BCUT2D eigenvalue weighted by Gasteiger charge is -2.11. The Morgan fingerprint density at radius 2 is 2.00 bits per heavy atom. The molecule has 2 aromatic heterocycles. The van der Waals surface area contributed by atoms with Crippen molar-refractivity contribution in [2.75, 3.05) is 5.32 Å². The number of thiophene rings is 1. The Balaban J connectivity index is 1.66. The molecular formula is C15H11F2N3O2S2. The smallest absolute Gasteiger partial charge is 0.277 e. The minimum absolute atomic E-state index is 0.204. The van der Waals surface area contributed by atoms with Gasteiger partial charge in [-0.05, 0) is 30.5 Å². The summed E-state index contributed by atoms with van der Waals surface area (Å²) in [7, 11) is 0. The molecule has 1 aromatic carbocycles. The SMILES string of the molecule is C[C@@H](Sc1nnc(-c2cccs2)o1)C(=O)Nc1c(F)cccc1F. The van der Waals surface area contributed by atoms with Crippen molar-refractivity contribution in [1.29, 1.82) is 0 Å². The van der Waals surface area contributed by atoms with Crippen molar-refractivity contribution in [3.05, 3.63) is 47.3 Å². The third-order valence-electron chi connectivity index (χ3n) is 3.00. The summed E-state index contributed by atoms with van der Waals surface area (Å²) in [5.74, 6) is -1.88. The van der Waals surface area contributed by atoms with Gasteiger partial charge in [0.2, 0.25) is 5.91 Å². The summed E-state index contributed by atoms with van der Waals surface area (Å²) in [6.07, 6.45) is 0. The predicted octanol–water partition coefficient (Wildman–Crippen LogP) is 4.20. The predicted molar refractivity (Wildman–Crippen MR) is 87.9 cm³/mol. The van der Waals surface area contributed by atoms with Gasteiger partial charge < -0.3 is 9.73 Å². The summed E-state index contributed by atoms with van der Waals surface area (Å²) < 4.78 is 32.6. The van der Waals surface area contributed by atoms with Crippen molar-refractivity contribution < 1.29 is 18.0 Å². The van der Waals surface area contributed by atoms with Gasteiger partial charge in [-0.25, -0.2) is 8.78 Å². The second-order valence-electron chi connectivity index (χ2n) is 4.70. The van der Waals surface area contributed by atoms with Gasteiger partial charge in [-0.15, -0.1) is 21.5 Å². The number of thioether (sulfide) groups is 1. The highest BCUT2D eigenvalue weighted by Crippen LogP contribution is 2.29. The first-order valence-electron chi connectivity index (χ1n) is 6.83. The molecule has 2 heterocycles. The Hall–Kier alpha value is -2.26. The topological polar surface area (TPSA) is 68.0 Å². The van der Waals surface area contributed by atoms with Crippen LogP contribution in [-0.4, -0.2) is 21.4 Å². The van der Waals surface area contributed by atoms with Crippen molar-refractivity contribution >= 4 is 34.7 Å². The first-order chi connectivity index (χ1) is 11.5. The molecule has 0 aliphatic heterocycles. The number of benzene rings is 1. The fourth-order valence-corrected chi connectivity index (χ4v) is 3.13. The molecule has 9 heteroatoms. The largest absolute Gasteiger partial charge is 0.410 e. The zero-order valence-corrected chi connectivity index (χ0v) is 14.0. The van der Waals surface area contributed by atoms with Crippen LogP contribution in [0.3, 0.4) is 0 Å². The Kier molecular flexibility index (Phi) is 4.91. The molecule has 24 heavy (non-hydrogen) atoms. The number of carbonyl (C=O) groups is 1. The average Bonchev–Trinajstić information content (AvgIpc) is 3.21. The normalized spacial score (nSPS) is 12.1. The number of aromatic nitrogens is 2. The Labute approximate surface area is 144 Å². The van der Waals surface area contributed by atoms with Crippen molar-refractivity contribution in [3.63, 3.8) is 0 Å². The highest BCUT2D eigenvalue weighted by Gasteiger charge is 2.21. The second kappa shape index (κ2) is 7.10. The van der Waals surface area contributed by atoms with Gasteiger partial charge in [0.1, 0.15) is 17.3 Å². The van der Waals surface area contributed by atoms with Crippen molar-refractivity contribution in [3.8, 4) is 10.8 Å². The summed E-state index contributed by atoms with van der Waals surface area (Å²) in [4.78, 5) is 12.9. The number of rotatable bonds is 5. The molecule has 0 radical (unpaired) electrons. The zero-order chi connectivity index (χ0) is 17.1. The van der Waals surface area contributed by atoms with Crippen LogP contribution in [0.1, 0.15) is 6.92 Å². The summed E-state index contributed by atoms with van der Waals surface area (Å²) in [5, 5.41) is 11.4. The van der Waals surface area contributed by atoms with Crippen LogP contribution < -0.4 is 5.32 Å². The molecule has 3 aromatic rings.